The molecule has 0 saturated carbocycles. The lowest BCUT2D eigenvalue weighted by molar-refractivity contribution is 0.0839. The third kappa shape index (κ3) is 3.68. The number of benzene rings is 1. The van der Waals surface area contributed by atoms with Crippen LogP contribution >= 0.6 is 0 Å². The summed E-state index contributed by atoms with van der Waals surface area (Å²) in [6, 6.07) is 7.80. The van der Waals surface area contributed by atoms with E-state index in [1.54, 1.807) is 22.9 Å². The predicted molar refractivity (Wildman–Crippen MR) is 85.0 cm³/mol. The molecule has 0 aliphatic rings. The molecule has 2 aromatic rings. The second-order valence-electron chi connectivity index (χ2n) is 5.35. The summed E-state index contributed by atoms with van der Waals surface area (Å²) >= 11 is 0. The highest BCUT2D eigenvalue weighted by Crippen LogP contribution is 2.16. The van der Waals surface area contributed by atoms with Gasteiger partial charge in [-0.1, -0.05) is 26.0 Å². The Labute approximate surface area is 134 Å². The molecule has 0 aliphatic heterocycles. The summed E-state index contributed by atoms with van der Waals surface area (Å²) in [4.78, 5) is 24.2. The van der Waals surface area contributed by atoms with Crippen LogP contribution in [0.25, 0.3) is 0 Å². The molecule has 23 heavy (non-hydrogen) atoms. The number of hydrazine groups is 1. The van der Waals surface area contributed by atoms with Crippen LogP contribution in [0.5, 0.6) is 5.75 Å². The van der Waals surface area contributed by atoms with Gasteiger partial charge in [0, 0.05) is 6.54 Å². The first-order chi connectivity index (χ1) is 10.9. The Hall–Kier alpha value is -2.83. The number of rotatable bonds is 4. The van der Waals surface area contributed by atoms with E-state index in [1.807, 2.05) is 20.8 Å². The molecule has 0 atom stereocenters. The number of nitrogens with one attached hydrogen (secondary N) is 2. The van der Waals surface area contributed by atoms with Crippen LogP contribution < -0.4 is 10.9 Å². The summed E-state index contributed by atoms with van der Waals surface area (Å²) in [5.74, 6) is -1.01. The molecule has 7 heteroatoms. The summed E-state index contributed by atoms with van der Waals surface area (Å²) in [5, 5.41) is 14.0. The van der Waals surface area contributed by atoms with Gasteiger partial charge in [-0.2, -0.15) is 5.10 Å². The predicted octanol–water partition coefficient (Wildman–Crippen LogP) is 1.81. The molecular weight excluding hydrogens is 296 g/mol. The highest BCUT2D eigenvalue weighted by molar-refractivity contribution is 5.99. The SMILES string of the molecule is CCn1nc(C(C)C)cc1C(=O)NNC(=O)c1ccccc1O. The van der Waals surface area contributed by atoms with Crippen LogP contribution in [0.3, 0.4) is 0 Å². The molecule has 1 aromatic carbocycles. The van der Waals surface area contributed by atoms with Crippen molar-refractivity contribution in [3.8, 4) is 5.75 Å². The standard InChI is InChI=1S/C16H20N4O3/c1-4-20-13(9-12(19-20)10(2)3)16(23)18-17-15(22)11-7-5-6-8-14(11)21/h5-10,21H,4H2,1-3H3,(H,17,22)(H,18,23). The second kappa shape index (κ2) is 6.95. The maximum atomic E-state index is 12.2. The lowest BCUT2D eigenvalue weighted by Crippen LogP contribution is -2.42. The minimum absolute atomic E-state index is 0.0830. The highest BCUT2D eigenvalue weighted by atomic mass is 16.3. The number of para-hydroxylation sites is 1. The number of phenolic OH excluding ortho intramolecular Hbond substituents is 1. The van der Waals surface area contributed by atoms with E-state index in [0.717, 1.165) is 5.69 Å². The Morgan fingerprint density at radius 3 is 2.48 bits per heavy atom. The molecular formula is C16H20N4O3. The van der Waals surface area contributed by atoms with Crippen LogP contribution in [0.1, 0.15) is 53.2 Å². The van der Waals surface area contributed by atoms with Gasteiger partial charge in [-0.25, -0.2) is 0 Å². The molecule has 2 rings (SSSR count). The topological polar surface area (TPSA) is 96.3 Å². The Balaban J connectivity index is 2.08. The summed E-state index contributed by atoms with van der Waals surface area (Å²) < 4.78 is 1.58. The van der Waals surface area contributed by atoms with E-state index < -0.39 is 11.8 Å². The molecule has 3 N–H and O–H groups in total. The molecule has 7 nitrogen and oxygen atoms in total. The molecule has 0 aliphatic carbocycles. The van der Waals surface area contributed by atoms with Crippen molar-refractivity contribution < 1.29 is 14.7 Å². The first-order valence-corrected chi connectivity index (χ1v) is 7.40. The van der Waals surface area contributed by atoms with Gasteiger partial charge >= 0.3 is 0 Å². The minimum Gasteiger partial charge on any atom is -0.507 e. The van der Waals surface area contributed by atoms with E-state index in [9.17, 15) is 14.7 Å². The number of amides is 2. The van der Waals surface area contributed by atoms with Gasteiger partial charge in [0.15, 0.2) is 0 Å². The lowest BCUT2D eigenvalue weighted by atomic mass is 10.1. The fraction of sp³-hybridized carbons (Fsp3) is 0.312. The van der Waals surface area contributed by atoms with Gasteiger partial charge in [0.05, 0.1) is 11.3 Å². The quantitative estimate of drug-likeness (QED) is 0.749. The zero-order valence-electron chi connectivity index (χ0n) is 13.3. The van der Waals surface area contributed by atoms with Crippen molar-refractivity contribution in [2.24, 2.45) is 0 Å². The minimum atomic E-state index is -0.594. The molecule has 0 spiro atoms. The third-order valence-corrected chi connectivity index (χ3v) is 3.36. The first kappa shape index (κ1) is 16.5. The number of aryl methyl sites for hydroxylation is 1. The van der Waals surface area contributed by atoms with Crippen LogP contribution in [0.2, 0.25) is 0 Å². The summed E-state index contributed by atoms with van der Waals surface area (Å²) in [7, 11) is 0. The summed E-state index contributed by atoms with van der Waals surface area (Å²) in [6.07, 6.45) is 0. The average Bonchev–Trinajstić information content (AvgIpc) is 2.97. The molecule has 0 unspecified atom stereocenters. The van der Waals surface area contributed by atoms with Crippen molar-refractivity contribution >= 4 is 11.8 Å². The first-order valence-electron chi connectivity index (χ1n) is 7.40. The van der Waals surface area contributed by atoms with Crippen molar-refractivity contribution in [2.75, 3.05) is 0 Å². The van der Waals surface area contributed by atoms with Gasteiger partial charge in [0.1, 0.15) is 11.4 Å². The third-order valence-electron chi connectivity index (χ3n) is 3.36. The van der Waals surface area contributed by atoms with Crippen molar-refractivity contribution in [2.45, 2.75) is 33.2 Å². The Kier molecular flexibility index (Phi) is 5.00. The number of carbonyl (C=O) groups excluding carboxylic acids is 2. The maximum Gasteiger partial charge on any atom is 0.287 e. The van der Waals surface area contributed by atoms with Gasteiger partial charge in [-0.3, -0.25) is 25.1 Å². The van der Waals surface area contributed by atoms with Crippen LogP contribution in [0.15, 0.2) is 30.3 Å². The maximum absolute atomic E-state index is 12.2. The molecule has 122 valence electrons. The van der Waals surface area contributed by atoms with E-state index in [-0.39, 0.29) is 17.2 Å². The van der Waals surface area contributed by atoms with E-state index in [2.05, 4.69) is 16.0 Å². The monoisotopic (exact) mass is 316 g/mol. The fourth-order valence-electron chi connectivity index (χ4n) is 2.05. The van der Waals surface area contributed by atoms with Crippen LogP contribution in [0.4, 0.5) is 0 Å². The summed E-state index contributed by atoms with van der Waals surface area (Å²) in [5.41, 5.74) is 5.89. The molecule has 0 radical (unpaired) electrons. The average molecular weight is 316 g/mol. The summed E-state index contributed by atoms with van der Waals surface area (Å²) in [6.45, 7) is 6.41. The zero-order valence-corrected chi connectivity index (χ0v) is 13.3. The van der Waals surface area contributed by atoms with E-state index >= 15 is 0 Å². The van der Waals surface area contributed by atoms with Gasteiger partial charge in [-0.15, -0.1) is 0 Å². The number of hydrogen-bond acceptors (Lipinski definition) is 4. The molecule has 0 bridgehead atoms. The van der Waals surface area contributed by atoms with Crippen LogP contribution in [0, 0.1) is 0 Å². The molecule has 1 heterocycles. The Bertz CT molecular complexity index is 722. The van der Waals surface area contributed by atoms with E-state index in [1.165, 1.54) is 12.1 Å². The smallest absolute Gasteiger partial charge is 0.287 e. The van der Waals surface area contributed by atoms with Crippen molar-refractivity contribution in [1.82, 2.24) is 20.6 Å². The lowest BCUT2D eigenvalue weighted by Gasteiger charge is -2.09. The van der Waals surface area contributed by atoms with Gasteiger partial charge in [0.25, 0.3) is 11.8 Å². The Morgan fingerprint density at radius 1 is 1.22 bits per heavy atom. The van der Waals surface area contributed by atoms with E-state index in [4.69, 9.17) is 0 Å². The highest BCUT2D eigenvalue weighted by Gasteiger charge is 2.17. The fourth-order valence-corrected chi connectivity index (χ4v) is 2.05. The molecule has 2 amide bonds. The van der Waals surface area contributed by atoms with Gasteiger partial charge in [-0.05, 0) is 31.0 Å². The normalized spacial score (nSPS) is 10.6. The molecule has 0 saturated heterocycles. The van der Waals surface area contributed by atoms with Gasteiger partial charge < -0.3 is 5.11 Å². The number of hydrogen-bond donors (Lipinski definition) is 3. The largest absolute Gasteiger partial charge is 0.507 e. The number of phenols is 1. The number of aromatic hydroxyl groups is 1. The Morgan fingerprint density at radius 2 is 1.87 bits per heavy atom. The van der Waals surface area contributed by atoms with Crippen LogP contribution in [-0.2, 0) is 6.54 Å². The van der Waals surface area contributed by atoms with Crippen molar-refractivity contribution in [3.05, 3.63) is 47.3 Å². The molecule has 1 aromatic heterocycles. The number of carbonyl (C=O) groups is 2. The zero-order chi connectivity index (χ0) is 17.0. The second-order valence-corrected chi connectivity index (χ2v) is 5.35. The van der Waals surface area contributed by atoms with Crippen molar-refractivity contribution in [1.29, 1.82) is 0 Å². The van der Waals surface area contributed by atoms with E-state index in [0.29, 0.717) is 12.2 Å². The van der Waals surface area contributed by atoms with Crippen LogP contribution in [-0.4, -0.2) is 26.7 Å². The number of nitrogens with zero attached hydrogens (tertiary/aromatic N) is 2. The molecule has 0 fully saturated rings. The number of aromatic nitrogens is 2. The van der Waals surface area contributed by atoms with Crippen molar-refractivity contribution in [3.63, 3.8) is 0 Å². The van der Waals surface area contributed by atoms with Gasteiger partial charge in [0.2, 0.25) is 0 Å².